The van der Waals surface area contributed by atoms with Gasteiger partial charge in [0.1, 0.15) is 11.8 Å². The summed E-state index contributed by atoms with van der Waals surface area (Å²) in [6.45, 7) is 1.79. The molecule has 0 fully saturated rings. The number of nitrogen functional groups attached to an aromatic ring is 1. The van der Waals surface area contributed by atoms with E-state index in [4.69, 9.17) is 21.8 Å². The van der Waals surface area contributed by atoms with E-state index in [0.717, 1.165) is 11.3 Å². The van der Waals surface area contributed by atoms with E-state index in [9.17, 15) is 4.79 Å². The Hall–Kier alpha value is -2.78. The van der Waals surface area contributed by atoms with Crippen LogP contribution in [0.15, 0.2) is 57.3 Å². The van der Waals surface area contributed by atoms with Gasteiger partial charge < -0.3 is 10.2 Å². The number of carbonyl (C=O) groups excluding carboxylic acids is 1. The van der Waals surface area contributed by atoms with Gasteiger partial charge in [-0.1, -0.05) is 35.5 Å². The molecular weight excluding hydrogens is 400 g/mol. The number of anilines is 1. The van der Waals surface area contributed by atoms with Gasteiger partial charge in [0.15, 0.2) is 0 Å². The monoisotopic (exact) mass is 416 g/mol. The lowest BCUT2D eigenvalue weighted by Crippen LogP contribution is -2.33. The molecule has 3 N–H and O–H groups in total. The molecule has 144 valence electrons. The van der Waals surface area contributed by atoms with Crippen LogP contribution in [0.3, 0.4) is 0 Å². The lowest BCUT2D eigenvalue weighted by molar-refractivity contribution is -0.132. The van der Waals surface area contributed by atoms with Crippen LogP contribution in [0.2, 0.25) is 5.02 Å². The molecule has 0 unspecified atom stereocenters. The van der Waals surface area contributed by atoms with Crippen molar-refractivity contribution < 1.29 is 9.21 Å². The summed E-state index contributed by atoms with van der Waals surface area (Å²) >= 11 is 7.20. The Morgan fingerprint density at radius 1 is 1.39 bits per heavy atom. The lowest BCUT2D eigenvalue weighted by atomic mass is 10.0. The smallest absolute Gasteiger partial charge is 0.256 e. The number of benzene rings is 1. The molecule has 1 aliphatic rings. The van der Waals surface area contributed by atoms with E-state index < -0.39 is 5.25 Å². The number of carbonyl (C=O) groups is 1. The van der Waals surface area contributed by atoms with Crippen molar-refractivity contribution in [2.45, 2.75) is 29.8 Å². The largest absolute Gasteiger partial charge is 0.467 e. The zero-order valence-corrected chi connectivity index (χ0v) is 16.4. The standard InChI is InChI=1S/C18H17ClN6O2S/c1-10(28-18-21-17(20)22-23-18)16(26)25-14(15-3-2-8-27-15)9-13(24-25)11-4-6-12(19)7-5-11/h2-8,10,14H,9H2,1H3,(H3,20,21,22,23)/t10-,14+/m1/s1. The SMILES string of the molecule is C[C@@H](Sc1n[nH]c(N)n1)C(=O)N1N=C(c2ccc(Cl)cc2)C[C@H]1c1ccco1. The highest BCUT2D eigenvalue weighted by atomic mass is 35.5. The molecule has 0 saturated carbocycles. The van der Waals surface area contributed by atoms with Gasteiger partial charge in [0.25, 0.3) is 5.91 Å². The van der Waals surface area contributed by atoms with E-state index >= 15 is 0 Å². The van der Waals surface area contributed by atoms with Gasteiger partial charge in [0.2, 0.25) is 11.1 Å². The summed E-state index contributed by atoms with van der Waals surface area (Å²) in [6, 6.07) is 10.7. The van der Waals surface area contributed by atoms with Gasteiger partial charge in [0, 0.05) is 11.4 Å². The predicted molar refractivity (Wildman–Crippen MR) is 107 cm³/mol. The van der Waals surface area contributed by atoms with Crippen molar-refractivity contribution in [2.24, 2.45) is 5.10 Å². The Morgan fingerprint density at radius 3 is 2.82 bits per heavy atom. The average Bonchev–Trinajstić information content (AvgIpc) is 3.42. The Morgan fingerprint density at radius 2 is 2.18 bits per heavy atom. The summed E-state index contributed by atoms with van der Waals surface area (Å²) in [5.74, 6) is 0.721. The van der Waals surface area contributed by atoms with Gasteiger partial charge in [-0.3, -0.25) is 4.79 Å². The van der Waals surface area contributed by atoms with Crippen molar-refractivity contribution in [3.8, 4) is 0 Å². The molecule has 0 radical (unpaired) electrons. The molecule has 0 saturated heterocycles. The Balaban J connectivity index is 1.60. The normalized spacial score (nSPS) is 17.6. The number of furan rings is 1. The summed E-state index contributed by atoms with van der Waals surface area (Å²) in [5.41, 5.74) is 7.26. The Labute approximate surface area is 170 Å². The minimum atomic E-state index is -0.457. The number of hydrogen-bond donors (Lipinski definition) is 2. The van der Waals surface area contributed by atoms with Crippen LogP contribution in [-0.4, -0.2) is 37.1 Å². The van der Waals surface area contributed by atoms with Crippen LogP contribution in [0.25, 0.3) is 0 Å². The number of thioether (sulfide) groups is 1. The van der Waals surface area contributed by atoms with Crippen LogP contribution in [0.4, 0.5) is 5.95 Å². The second-order valence-electron chi connectivity index (χ2n) is 6.24. The van der Waals surface area contributed by atoms with Crippen molar-refractivity contribution in [1.29, 1.82) is 0 Å². The van der Waals surface area contributed by atoms with E-state index in [-0.39, 0.29) is 17.9 Å². The molecule has 4 rings (SSSR count). The third-order valence-corrected chi connectivity index (χ3v) is 5.50. The maximum atomic E-state index is 13.1. The summed E-state index contributed by atoms with van der Waals surface area (Å²) < 4.78 is 5.56. The molecule has 3 aromatic rings. The lowest BCUT2D eigenvalue weighted by Gasteiger charge is -2.22. The number of nitrogens with one attached hydrogen (secondary N) is 1. The molecule has 2 aromatic heterocycles. The van der Waals surface area contributed by atoms with Crippen molar-refractivity contribution in [3.05, 3.63) is 59.0 Å². The van der Waals surface area contributed by atoms with Gasteiger partial charge in [-0.2, -0.15) is 10.1 Å². The minimum Gasteiger partial charge on any atom is -0.467 e. The average molecular weight is 417 g/mol. The fraction of sp³-hybridized carbons (Fsp3) is 0.222. The molecule has 0 spiro atoms. The highest BCUT2D eigenvalue weighted by Crippen LogP contribution is 2.35. The molecule has 1 amide bonds. The van der Waals surface area contributed by atoms with E-state index in [0.29, 0.717) is 22.4 Å². The van der Waals surface area contributed by atoms with Crippen molar-refractivity contribution in [3.63, 3.8) is 0 Å². The zero-order chi connectivity index (χ0) is 19.7. The number of halogens is 1. The predicted octanol–water partition coefficient (Wildman–Crippen LogP) is 3.49. The summed E-state index contributed by atoms with van der Waals surface area (Å²) in [6.07, 6.45) is 2.14. The number of aromatic amines is 1. The number of nitrogens with two attached hydrogens (primary N) is 1. The quantitative estimate of drug-likeness (QED) is 0.615. The summed E-state index contributed by atoms with van der Waals surface area (Å²) in [4.78, 5) is 17.2. The van der Waals surface area contributed by atoms with Gasteiger partial charge in [0.05, 0.1) is 17.2 Å². The molecule has 3 heterocycles. The van der Waals surface area contributed by atoms with E-state index in [1.807, 2.05) is 18.2 Å². The number of hydrogen-bond acceptors (Lipinski definition) is 7. The van der Waals surface area contributed by atoms with Crippen LogP contribution in [0.5, 0.6) is 0 Å². The number of hydrazone groups is 1. The number of amides is 1. The molecule has 2 atom stereocenters. The van der Waals surface area contributed by atoms with E-state index in [1.54, 1.807) is 31.4 Å². The number of nitrogens with zero attached hydrogens (tertiary/aromatic N) is 4. The van der Waals surface area contributed by atoms with Gasteiger partial charge >= 0.3 is 0 Å². The first-order valence-electron chi connectivity index (χ1n) is 8.55. The van der Waals surface area contributed by atoms with E-state index in [2.05, 4.69) is 20.3 Å². The van der Waals surface area contributed by atoms with Crippen LogP contribution >= 0.6 is 23.4 Å². The number of H-pyrrole nitrogens is 1. The molecular formula is C18H17ClN6O2S. The molecule has 0 aliphatic carbocycles. The zero-order valence-electron chi connectivity index (χ0n) is 14.9. The highest BCUT2D eigenvalue weighted by Gasteiger charge is 2.37. The van der Waals surface area contributed by atoms with Crippen LogP contribution in [0.1, 0.15) is 30.7 Å². The van der Waals surface area contributed by atoms with Gasteiger partial charge in [-0.25, -0.2) is 10.1 Å². The first kappa shape index (κ1) is 18.6. The highest BCUT2D eigenvalue weighted by molar-refractivity contribution is 8.00. The molecule has 1 aromatic carbocycles. The molecule has 1 aliphatic heterocycles. The van der Waals surface area contributed by atoms with Gasteiger partial charge in [-0.15, -0.1) is 5.10 Å². The van der Waals surface area contributed by atoms with E-state index in [1.165, 1.54) is 16.8 Å². The van der Waals surface area contributed by atoms with Crippen LogP contribution in [0, 0.1) is 0 Å². The first-order chi connectivity index (χ1) is 13.5. The number of rotatable bonds is 5. The molecule has 8 nitrogen and oxygen atoms in total. The van der Waals surface area contributed by atoms with Crippen molar-refractivity contribution >= 4 is 40.9 Å². The van der Waals surface area contributed by atoms with Crippen molar-refractivity contribution in [1.82, 2.24) is 20.2 Å². The maximum Gasteiger partial charge on any atom is 0.256 e. The maximum absolute atomic E-state index is 13.1. The van der Waals surface area contributed by atoms with Crippen LogP contribution in [-0.2, 0) is 4.79 Å². The Bertz CT molecular complexity index is 1000. The molecule has 0 bridgehead atoms. The third-order valence-electron chi connectivity index (χ3n) is 4.30. The van der Waals surface area contributed by atoms with Crippen LogP contribution < -0.4 is 5.73 Å². The van der Waals surface area contributed by atoms with Crippen molar-refractivity contribution in [2.75, 3.05) is 5.73 Å². The topological polar surface area (TPSA) is 113 Å². The summed E-state index contributed by atoms with van der Waals surface area (Å²) in [7, 11) is 0. The molecule has 28 heavy (non-hydrogen) atoms. The molecule has 10 heteroatoms. The fourth-order valence-electron chi connectivity index (χ4n) is 2.94. The second kappa shape index (κ2) is 7.69. The Kier molecular flexibility index (Phi) is 5.10. The fourth-order valence-corrected chi connectivity index (χ4v) is 3.84. The van der Waals surface area contributed by atoms with Gasteiger partial charge in [-0.05, 0) is 36.8 Å². The minimum absolute atomic E-state index is 0.168. The summed E-state index contributed by atoms with van der Waals surface area (Å²) in [5, 5.41) is 13.2. The second-order valence-corrected chi connectivity index (χ2v) is 7.98. The third kappa shape index (κ3) is 3.76. The first-order valence-corrected chi connectivity index (χ1v) is 9.81. The number of aromatic nitrogens is 3.